The Morgan fingerprint density at radius 1 is 1.50 bits per heavy atom. The molecule has 0 heterocycles. The molecule has 0 aliphatic heterocycles. The Bertz CT molecular complexity index is 138. The van der Waals surface area contributed by atoms with Crippen molar-refractivity contribution in [1.82, 2.24) is 0 Å². The van der Waals surface area contributed by atoms with Crippen LogP contribution in [0.25, 0.3) is 0 Å². The van der Waals surface area contributed by atoms with Crippen LogP contribution in [0.1, 0.15) is 33.1 Å². The van der Waals surface area contributed by atoms with Crippen molar-refractivity contribution in [1.29, 1.82) is 0 Å². The summed E-state index contributed by atoms with van der Waals surface area (Å²) in [5, 5.41) is 0.393. The van der Waals surface area contributed by atoms with Crippen molar-refractivity contribution in [3.05, 3.63) is 11.1 Å². The second-order valence-electron chi connectivity index (χ2n) is 2.12. The fraction of sp³-hybridized carbons (Fsp3) is 0.625. The average molecular weight is 161 g/mol. The highest BCUT2D eigenvalue weighted by Crippen LogP contribution is 2.07. The van der Waals surface area contributed by atoms with E-state index in [1.165, 1.54) is 0 Å². The highest BCUT2D eigenvalue weighted by molar-refractivity contribution is 6.42. The number of ketones is 1. The smallest absolute Gasteiger partial charge is 0.173 e. The third-order valence-electron chi connectivity index (χ3n) is 1.20. The van der Waals surface area contributed by atoms with Gasteiger partial charge in [0.25, 0.3) is 0 Å². The van der Waals surface area contributed by atoms with E-state index in [0.29, 0.717) is 11.5 Å². The molecule has 0 N–H and O–H groups in total. The van der Waals surface area contributed by atoms with Crippen LogP contribution in [0, 0.1) is 0 Å². The summed E-state index contributed by atoms with van der Waals surface area (Å²) in [6.45, 7) is 3.86. The Morgan fingerprint density at radius 2 is 2.10 bits per heavy atom. The predicted molar refractivity (Wildman–Crippen MR) is 44.1 cm³/mol. The lowest BCUT2D eigenvalue weighted by molar-refractivity contribution is -0.114. The fourth-order valence-corrected chi connectivity index (χ4v) is 0.797. The maximum absolute atomic E-state index is 10.8. The number of Topliss-reactive ketones (excluding diaryl/α,β-unsaturated/α-hetero) is 1. The first-order valence-electron chi connectivity index (χ1n) is 3.61. The molecule has 0 amide bonds. The van der Waals surface area contributed by atoms with Gasteiger partial charge in [0.2, 0.25) is 0 Å². The number of rotatable bonds is 4. The van der Waals surface area contributed by atoms with Crippen molar-refractivity contribution in [2.24, 2.45) is 0 Å². The van der Waals surface area contributed by atoms with Gasteiger partial charge in [0.15, 0.2) is 5.78 Å². The zero-order valence-electron chi connectivity index (χ0n) is 6.48. The van der Waals surface area contributed by atoms with Gasteiger partial charge in [-0.2, -0.15) is 0 Å². The summed E-state index contributed by atoms with van der Waals surface area (Å²) in [5.74, 6) is 0.0371. The summed E-state index contributed by atoms with van der Waals surface area (Å²) in [6, 6.07) is 0. The molecule has 0 aromatic heterocycles. The van der Waals surface area contributed by atoms with Crippen LogP contribution in [0.4, 0.5) is 0 Å². The predicted octanol–water partition coefficient (Wildman–Crippen LogP) is 2.89. The minimum absolute atomic E-state index is 0.0371. The maximum atomic E-state index is 10.8. The molecule has 58 valence electrons. The fourth-order valence-electron chi connectivity index (χ4n) is 0.554. The summed E-state index contributed by atoms with van der Waals surface area (Å²) in [6.07, 6.45) is 4.21. The third-order valence-corrected chi connectivity index (χ3v) is 1.56. The number of hydrogen-bond donors (Lipinski definition) is 0. The molecule has 0 fully saturated rings. The number of carbonyl (C=O) groups is 1. The van der Waals surface area contributed by atoms with Gasteiger partial charge in [-0.05, 0) is 6.42 Å². The van der Waals surface area contributed by atoms with Crippen LogP contribution in [0.5, 0.6) is 0 Å². The lowest BCUT2D eigenvalue weighted by Crippen LogP contribution is -1.93. The largest absolute Gasteiger partial charge is 0.293 e. The van der Waals surface area contributed by atoms with E-state index in [2.05, 4.69) is 6.92 Å². The normalized spacial score (nSPS) is 11.7. The summed E-state index contributed by atoms with van der Waals surface area (Å²) in [7, 11) is 0. The van der Waals surface area contributed by atoms with E-state index >= 15 is 0 Å². The number of unbranched alkanes of at least 4 members (excludes halogenated alkanes) is 1. The van der Waals surface area contributed by atoms with Gasteiger partial charge in [-0.1, -0.05) is 37.9 Å². The van der Waals surface area contributed by atoms with Crippen LogP contribution in [0.15, 0.2) is 11.1 Å². The van der Waals surface area contributed by atoms with E-state index in [1.807, 2.05) is 6.92 Å². The van der Waals surface area contributed by atoms with Crippen molar-refractivity contribution < 1.29 is 4.79 Å². The number of halogens is 1. The maximum Gasteiger partial charge on any atom is 0.173 e. The van der Waals surface area contributed by atoms with E-state index < -0.39 is 0 Å². The Hall–Kier alpha value is -0.300. The minimum atomic E-state index is 0.0371. The summed E-state index contributed by atoms with van der Waals surface area (Å²) in [4.78, 5) is 10.8. The van der Waals surface area contributed by atoms with Gasteiger partial charge in [-0.15, -0.1) is 0 Å². The highest BCUT2D eigenvalue weighted by atomic mass is 35.5. The molecular formula is C8H13ClO. The SMILES string of the molecule is CCCC=C(Cl)C(=O)CC. The Labute approximate surface area is 67.1 Å². The second-order valence-corrected chi connectivity index (χ2v) is 2.52. The Kier molecular flexibility index (Phi) is 5.32. The van der Waals surface area contributed by atoms with Crippen molar-refractivity contribution >= 4 is 17.4 Å². The Morgan fingerprint density at radius 3 is 2.50 bits per heavy atom. The quantitative estimate of drug-likeness (QED) is 0.578. The number of allylic oxidation sites excluding steroid dienone is 2. The summed E-state index contributed by atoms with van der Waals surface area (Å²) in [5.41, 5.74) is 0. The molecule has 0 aliphatic rings. The van der Waals surface area contributed by atoms with Crippen molar-refractivity contribution in [2.75, 3.05) is 0 Å². The van der Waals surface area contributed by atoms with Gasteiger partial charge in [0.05, 0.1) is 5.03 Å². The van der Waals surface area contributed by atoms with Gasteiger partial charge in [0.1, 0.15) is 0 Å². The summed E-state index contributed by atoms with van der Waals surface area (Å²) < 4.78 is 0. The van der Waals surface area contributed by atoms with Crippen LogP contribution < -0.4 is 0 Å². The molecule has 0 aromatic carbocycles. The van der Waals surface area contributed by atoms with E-state index in [9.17, 15) is 4.79 Å². The first-order valence-corrected chi connectivity index (χ1v) is 3.99. The molecule has 0 radical (unpaired) electrons. The summed E-state index contributed by atoms with van der Waals surface area (Å²) >= 11 is 5.62. The second kappa shape index (κ2) is 5.48. The number of hydrogen-bond acceptors (Lipinski definition) is 1. The van der Waals surface area contributed by atoms with Crippen LogP contribution >= 0.6 is 11.6 Å². The molecule has 0 rings (SSSR count). The highest BCUT2D eigenvalue weighted by Gasteiger charge is 2.00. The third kappa shape index (κ3) is 3.67. The first-order chi connectivity index (χ1) is 4.72. The number of carbonyl (C=O) groups excluding carboxylic acids is 1. The lowest BCUT2D eigenvalue weighted by Gasteiger charge is -1.92. The standard InChI is InChI=1S/C8H13ClO/c1-3-5-6-7(9)8(10)4-2/h6H,3-5H2,1-2H3. The minimum Gasteiger partial charge on any atom is -0.293 e. The van der Waals surface area contributed by atoms with E-state index in [-0.39, 0.29) is 5.78 Å². The zero-order valence-corrected chi connectivity index (χ0v) is 7.24. The molecule has 0 spiro atoms. The molecule has 1 nitrogen and oxygen atoms in total. The monoisotopic (exact) mass is 160 g/mol. The molecule has 0 saturated heterocycles. The van der Waals surface area contributed by atoms with E-state index in [1.54, 1.807) is 6.08 Å². The zero-order chi connectivity index (χ0) is 7.98. The first kappa shape index (κ1) is 9.70. The molecule has 0 bridgehead atoms. The molecule has 10 heavy (non-hydrogen) atoms. The van der Waals surface area contributed by atoms with Crippen LogP contribution in [-0.4, -0.2) is 5.78 Å². The van der Waals surface area contributed by atoms with Gasteiger partial charge in [-0.25, -0.2) is 0 Å². The van der Waals surface area contributed by atoms with Crippen molar-refractivity contribution in [2.45, 2.75) is 33.1 Å². The molecular weight excluding hydrogens is 148 g/mol. The van der Waals surface area contributed by atoms with Crippen molar-refractivity contribution in [3.8, 4) is 0 Å². The molecule has 0 atom stereocenters. The topological polar surface area (TPSA) is 17.1 Å². The van der Waals surface area contributed by atoms with Gasteiger partial charge in [-0.3, -0.25) is 4.79 Å². The Balaban J connectivity index is 3.80. The van der Waals surface area contributed by atoms with Crippen LogP contribution in [0.3, 0.4) is 0 Å². The van der Waals surface area contributed by atoms with Crippen LogP contribution in [-0.2, 0) is 4.79 Å². The van der Waals surface area contributed by atoms with Crippen molar-refractivity contribution in [3.63, 3.8) is 0 Å². The average Bonchev–Trinajstić information content (AvgIpc) is 1.98. The van der Waals surface area contributed by atoms with Crippen LogP contribution in [0.2, 0.25) is 0 Å². The molecule has 0 saturated carbocycles. The molecule has 0 aromatic rings. The lowest BCUT2D eigenvalue weighted by atomic mass is 10.2. The van der Waals surface area contributed by atoms with Gasteiger partial charge in [0, 0.05) is 6.42 Å². The molecule has 0 aliphatic carbocycles. The van der Waals surface area contributed by atoms with E-state index in [4.69, 9.17) is 11.6 Å². The molecule has 0 unspecified atom stereocenters. The molecule has 2 heteroatoms. The van der Waals surface area contributed by atoms with E-state index in [0.717, 1.165) is 12.8 Å². The van der Waals surface area contributed by atoms with Gasteiger partial charge < -0.3 is 0 Å². The van der Waals surface area contributed by atoms with Gasteiger partial charge >= 0.3 is 0 Å².